The van der Waals surface area contributed by atoms with Gasteiger partial charge in [-0.3, -0.25) is 0 Å². The van der Waals surface area contributed by atoms with Crippen molar-refractivity contribution < 1.29 is 0 Å². The van der Waals surface area contributed by atoms with E-state index >= 15 is 0 Å². The molecule has 0 saturated heterocycles. The van der Waals surface area contributed by atoms with Crippen LogP contribution in [0.2, 0.25) is 0 Å². The minimum absolute atomic E-state index is 0.524. The monoisotopic (exact) mass is 237 g/mol. The lowest BCUT2D eigenvalue weighted by Crippen LogP contribution is -2.20. The maximum Gasteiger partial charge on any atom is 0.0320 e. The van der Waals surface area contributed by atoms with Gasteiger partial charge in [-0.1, -0.05) is 39.3 Å². The molecule has 0 aromatic heterocycles. The van der Waals surface area contributed by atoms with Crippen LogP contribution in [0.5, 0.6) is 0 Å². The lowest BCUT2D eigenvalue weighted by molar-refractivity contribution is 0.509. The van der Waals surface area contributed by atoms with Crippen molar-refractivity contribution in [2.45, 2.75) is 44.6 Å². The van der Waals surface area contributed by atoms with E-state index in [0.29, 0.717) is 6.04 Å². The van der Waals surface area contributed by atoms with Gasteiger partial charge in [0.15, 0.2) is 0 Å². The van der Waals surface area contributed by atoms with Crippen molar-refractivity contribution in [1.29, 1.82) is 0 Å². The van der Waals surface area contributed by atoms with Crippen molar-refractivity contribution in [2.75, 3.05) is 12.3 Å². The molecule has 1 atom stereocenters. The zero-order valence-corrected chi connectivity index (χ0v) is 11.4. The van der Waals surface area contributed by atoms with Gasteiger partial charge in [-0.2, -0.15) is 0 Å². The van der Waals surface area contributed by atoms with Gasteiger partial charge in [-0.25, -0.2) is 0 Å². The minimum Gasteiger partial charge on any atom is -0.310 e. The third-order valence-electron chi connectivity index (χ3n) is 2.62. The lowest BCUT2D eigenvalue weighted by Gasteiger charge is -2.17. The van der Waals surface area contributed by atoms with Crippen LogP contribution >= 0.6 is 11.8 Å². The highest BCUT2D eigenvalue weighted by molar-refractivity contribution is 7.99. The number of hydrogen-bond acceptors (Lipinski definition) is 2. The Morgan fingerprint density at radius 2 is 1.81 bits per heavy atom. The highest BCUT2D eigenvalue weighted by atomic mass is 32.2. The van der Waals surface area contributed by atoms with Gasteiger partial charge >= 0.3 is 0 Å². The zero-order valence-electron chi connectivity index (χ0n) is 10.6. The second kappa shape index (κ2) is 7.75. The first kappa shape index (κ1) is 13.6. The summed E-state index contributed by atoms with van der Waals surface area (Å²) >= 11 is 1.90. The molecule has 0 amide bonds. The van der Waals surface area contributed by atoms with E-state index in [1.807, 2.05) is 11.8 Å². The van der Waals surface area contributed by atoms with Crippen LogP contribution in [0.25, 0.3) is 0 Å². The fourth-order valence-corrected chi connectivity index (χ4v) is 2.55. The fourth-order valence-electron chi connectivity index (χ4n) is 1.88. The van der Waals surface area contributed by atoms with E-state index in [4.69, 9.17) is 0 Å². The van der Waals surface area contributed by atoms with Crippen molar-refractivity contribution in [2.24, 2.45) is 0 Å². The van der Waals surface area contributed by atoms with Gasteiger partial charge < -0.3 is 5.32 Å². The summed E-state index contributed by atoms with van der Waals surface area (Å²) in [5, 5.41) is 3.54. The number of hydrogen-bond donors (Lipinski definition) is 1. The van der Waals surface area contributed by atoms with Gasteiger partial charge in [0.25, 0.3) is 0 Å². The van der Waals surface area contributed by atoms with Crippen molar-refractivity contribution in [3.05, 3.63) is 29.8 Å². The van der Waals surface area contributed by atoms with Crippen LogP contribution in [0.1, 0.15) is 45.2 Å². The minimum atomic E-state index is 0.524. The molecule has 16 heavy (non-hydrogen) atoms. The fraction of sp³-hybridized carbons (Fsp3) is 0.571. The van der Waals surface area contributed by atoms with Crippen LogP contribution < -0.4 is 5.32 Å². The molecular formula is C14H23NS. The summed E-state index contributed by atoms with van der Waals surface area (Å²) in [5.41, 5.74) is 1.42. The predicted octanol–water partition coefficient (Wildman–Crippen LogP) is 4.25. The summed E-state index contributed by atoms with van der Waals surface area (Å²) < 4.78 is 0. The van der Waals surface area contributed by atoms with Crippen LogP contribution in [0.15, 0.2) is 29.2 Å². The summed E-state index contributed by atoms with van der Waals surface area (Å²) in [6, 6.07) is 9.53. The zero-order chi connectivity index (χ0) is 11.8. The van der Waals surface area contributed by atoms with Gasteiger partial charge in [0, 0.05) is 10.9 Å². The first-order valence-corrected chi connectivity index (χ1v) is 7.26. The van der Waals surface area contributed by atoms with Crippen LogP contribution in [-0.2, 0) is 0 Å². The molecule has 0 saturated carbocycles. The van der Waals surface area contributed by atoms with Crippen molar-refractivity contribution >= 4 is 11.8 Å². The van der Waals surface area contributed by atoms with E-state index in [2.05, 4.69) is 50.4 Å². The second-order valence-corrected chi connectivity index (χ2v) is 5.24. The van der Waals surface area contributed by atoms with E-state index in [1.54, 1.807) is 0 Å². The van der Waals surface area contributed by atoms with Crippen molar-refractivity contribution in [1.82, 2.24) is 5.32 Å². The molecule has 1 aromatic carbocycles. The smallest absolute Gasteiger partial charge is 0.0320 e. The van der Waals surface area contributed by atoms with Crippen LogP contribution in [0, 0.1) is 0 Å². The highest BCUT2D eigenvalue weighted by Crippen LogP contribution is 2.23. The van der Waals surface area contributed by atoms with Gasteiger partial charge in [0.2, 0.25) is 0 Å². The van der Waals surface area contributed by atoms with E-state index in [-0.39, 0.29) is 0 Å². The van der Waals surface area contributed by atoms with Crippen LogP contribution in [0.3, 0.4) is 0 Å². The molecule has 1 rings (SSSR count). The lowest BCUT2D eigenvalue weighted by atomic mass is 10.0. The normalized spacial score (nSPS) is 12.7. The number of nitrogens with one attached hydrogen (secondary N) is 1. The third-order valence-corrected chi connectivity index (χ3v) is 3.52. The Morgan fingerprint density at radius 1 is 1.12 bits per heavy atom. The first-order chi connectivity index (χ1) is 7.81. The Kier molecular flexibility index (Phi) is 6.58. The molecule has 0 heterocycles. The summed E-state index contributed by atoms with van der Waals surface area (Å²) in [4.78, 5) is 1.37. The Bertz CT molecular complexity index is 275. The van der Waals surface area contributed by atoms with Crippen molar-refractivity contribution in [3.8, 4) is 0 Å². The number of thioether (sulfide) groups is 1. The number of benzene rings is 1. The molecule has 1 unspecified atom stereocenters. The van der Waals surface area contributed by atoms with Crippen LogP contribution in [-0.4, -0.2) is 12.3 Å². The van der Waals surface area contributed by atoms with E-state index in [1.165, 1.54) is 23.3 Å². The molecule has 0 bridgehead atoms. The molecule has 0 spiro atoms. The van der Waals surface area contributed by atoms with Gasteiger partial charge in [-0.15, -0.1) is 11.8 Å². The molecule has 1 nitrogen and oxygen atoms in total. The van der Waals surface area contributed by atoms with E-state index < -0.39 is 0 Å². The molecule has 0 fully saturated rings. The highest BCUT2D eigenvalue weighted by Gasteiger charge is 2.08. The summed E-state index contributed by atoms with van der Waals surface area (Å²) in [6.45, 7) is 7.64. The molecule has 1 aromatic rings. The topological polar surface area (TPSA) is 12.0 Å². The van der Waals surface area contributed by atoms with Crippen molar-refractivity contribution in [3.63, 3.8) is 0 Å². The molecule has 0 aliphatic carbocycles. The molecule has 0 radical (unpaired) electrons. The first-order valence-electron chi connectivity index (χ1n) is 6.27. The molecule has 0 aliphatic rings. The third kappa shape index (κ3) is 4.18. The Morgan fingerprint density at radius 3 is 2.31 bits per heavy atom. The maximum absolute atomic E-state index is 3.54. The Hall–Kier alpha value is -0.470. The standard InChI is InChI=1S/C14H23NS/c1-4-7-14(15-5-2)12-8-10-13(11-9-12)16-6-3/h8-11,14-15H,4-7H2,1-3H3. The SMILES string of the molecule is CCCC(NCC)c1ccc(SCC)cc1. The largest absolute Gasteiger partial charge is 0.310 e. The average Bonchev–Trinajstić information content (AvgIpc) is 2.30. The van der Waals surface area contributed by atoms with E-state index in [9.17, 15) is 0 Å². The molecule has 1 N–H and O–H groups in total. The predicted molar refractivity (Wildman–Crippen MR) is 74.2 cm³/mol. The maximum atomic E-state index is 3.54. The van der Waals surface area contributed by atoms with Crippen LogP contribution in [0.4, 0.5) is 0 Å². The van der Waals surface area contributed by atoms with Gasteiger partial charge in [-0.05, 0) is 36.4 Å². The van der Waals surface area contributed by atoms with E-state index in [0.717, 1.165) is 12.3 Å². The average molecular weight is 237 g/mol. The second-order valence-electron chi connectivity index (χ2n) is 3.90. The molecular weight excluding hydrogens is 214 g/mol. The van der Waals surface area contributed by atoms with Gasteiger partial charge in [0.05, 0.1) is 0 Å². The molecule has 2 heteroatoms. The summed E-state index contributed by atoms with van der Waals surface area (Å²) in [7, 11) is 0. The molecule has 0 aliphatic heterocycles. The number of rotatable bonds is 7. The Balaban J connectivity index is 2.68. The van der Waals surface area contributed by atoms with Gasteiger partial charge in [0.1, 0.15) is 0 Å². The summed E-state index contributed by atoms with van der Waals surface area (Å²) in [5.74, 6) is 1.14. The quantitative estimate of drug-likeness (QED) is 0.712. The molecule has 90 valence electrons. The Labute approximate surface area is 104 Å². The summed E-state index contributed by atoms with van der Waals surface area (Å²) in [6.07, 6.45) is 2.44.